The molecule has 0 radical (unpaired) electrons. The van der Waals surface area contributed by atoms with E-state index in [1.54, 1.807) is 131 Å². The third-order valence-corrected chi connectivity index (χ3v) is 16.4. The van der Waals surface area contributed by atoms with Crippen LogP contribution in [-0.4, -0.2) is 165 Å². The Hall–Kier alpha value is -10.2. The van der Waals surface area contributed by atoms with Gasteiger partial charge in [0.25, 0.3) is 0 Å². The summed E-state index contributed by atoms with van der Waals surface area (Å²) in [5.74, 6) is -13.1. The van der Waals surface area contributed by atoms with Gasteiger partial charge in [-0.3, -0.25) is 57.5 Å². The first kappa shape index (κ1) is 71.3. The number of carboxylic acid groups (broad SMARTS) is 1. The van der Waals surface area contributed by atoms with Crippen LogP contribution in [0.3, 0.4) is 0 Å². The zero-order chi connectivity index (χ0) is 68.2. The Bertz CT molecular complexity index is 3510. The summed E-state index contributed by atoms with van der Waals surface area (Å²) in [6.07, 6.45) is -0.608. The van der Waals surface area contributed by atoms with Crippen LogP contribution in [0.15, 0.2) is 115 Å². The molecule has 2 fully saturated rings. The number of primary amides is 1. The van der Waals surface area contributed by atoms with Crippen LogP contribution in [0.2, 0.25) is 0 Å². The van der Waals surface area contributed by atoms with Gasteiger partial charge >= 0.3 is 5.97 Å². The van der Waals surface area contributed by atoms with Crippen LogP contribution in [0.4, 0.5) is 0 Å². The molecule has 7 rings (SSSR count). The molecule has 27 heteroatoms. The molecule has 0 spiro atoms. The van der Waals surface area contributed by atoms with Crippen molar-refractivity contribution in [2.75, 3.05) is 13.1 Å². The molecule has 5 aromatic rings. The van der Waals surface area contributed by atoms with Gasteiger partial charge in [0, 0.05) is 49.3 Å². The van der Waals surface area contributed by atoms with Crippen LogP contribution in [0, 0.1) is 11.8 Å². The monoisotopic (exact) mass is 1300 g/mol. The number of benzene rings is 4. The van der Waals surface area contributed by atoms with Gasteiger partial charge in [-0.15, -0.1) is 0 Å². The summed E-state index contributed by atoms with van der Waals surface area (Å²) >= 11 is 0. The van der Waals surface area contributed by atoms with Crippen molar-refractivity contribution in [1.29, 1.82) is 0 Å². The van der Waals surface area contributed by atoms with E-state index >= 15 is 14.4 Å². The molecule has 11 amide bonds. The number of rotatable bonds is 18. The van der Waals surface area contributed by atoms with Gasteiger partial charge in [0.1, 0.15) is 66.2 Å². The fourth-order valence-corrected chi connectivity index (χ4v) is 11.5. The van der Waals surface area contributed by atoms with Crippen molar-refractivity contribution in [3.05, 3.63) is 138 Å². The number of aromatic hydroxyl groups is 1. The number of carboxylic acids is 1. The molecule has 502 valence electrons. The van der Waals surface area contributed by atoms with Crippen LogP contribution in [0.1, 0.15) is 94.9 Å². The van der Waals surface area contributed by atoms with Crippen molar-refractivity contribution in [1.82, 2.24) is 57.7 Å². The minimum Gasteiger partial charge on any atom is -0.508 e. The van der Waals surface area contributed by atoms with Crippen LogP contribution >= 0.6 is 0 Å². The average molecular weight is 1300 g/mol. The van der Waals surface area contributed by atoms with Crippen LogP contribution in [0.25, 0.3) is 10.9 Å². The average Bonchev–Trinajstić information content (AvgIpc) is 1.61. The highest BCUT2D eigenvalue weighted by Crippen LogP contribution is 2.24. The number of carbonyl (C=O) groups excluding carboxylic acids is 11. The van der Waals surface area contributed by atoms with Crippen molar-refractivity contribution >= 4 is 81.9 Å². The second kappa shape index (κ2) is 33.9. The van der Waals surface area contributed by atoms with E-state index in [0.29, 0.717) is 39.6 Å². The van der Waals surface area contributed by atoms with Gasteiger partial charge in [-0.1, -0.05) is 119 Å². The van der Waals surface area contributed by atoms with Gasteiger partial charge in [0.15, 0.2) is 0 Å². The van der Waals surface area contributed by atoms with Crippen molar-refractivity contribution in [3.63, 3.8) is 0 Å². The number of nitrogens with one attached hydrogen (secondary N) is 10. The Morgan fingerprint density at radius 1 is 0.521 bits per heavy atom. The topological polar surface area (TPSA) is 425 Å². The number of hydrogen-bond acceptors (Lipinski definition) is 14. The number of fused-ring (bicyclic) bond motifs is 2. The summed E-state index contributed by atoms with van der Waals surface area (Å²) in [4.78, 5) is 177. The lowest BCUT2D eigenvalue weighted by Gasteiger charge is -2.32. The molecule has 16 N–H and O–H groups in total. The lowest BCUT2D eigenvalue weighted by Crippen LogP contribution is -2.62. The maximum atomic E-state index is 15.2. The van der Waals surface area contributed by atoms with E-state index < -0.39 is 150 Å². The number of aromatic amines is 1. The number of phenolic OH excluding ortho intramolecular Hbond substituents is 1. The highest BCUT2D eigenvalue weighted by molar-refractivity contribution is 6.01. The number of aliphatic carboxylic acids is 1. The minimum atomic E-state index is -2.00. The number of H-pyrrole nitrogens is 1. The highest BCUT2D eigenvalue weighted by atomic mass is 16.4. The standard InChI is InChI=1S/C67H85N13O14/c1-37(2)29-47-59(86)78-53(32-41-23-25-43(81)26-24-41)67(94)80-28-14-22-54(80)65(92)77-50(33-42-36-70-45-20-12-11-19-44(42)45)61(88)73-48(30-39-15-7-5-8-16-39)60(87)75-51(34-55(69)82)62(89)76-52(35-56(83)84)63(90)74-49(31-40-17-9-6-10-18-40)64(91)79-57(38(3)4)66(93)71-46(21-13-27-68)58(85)72-47/h5-12,15-20,23-26,36-38,46-54,57,70,81H,13-14,21-22,27-35,68H2,1-4H3,(H2,69,82)(H,71,93)(H,72,85)(H,73,88)(H,74,90)(H,75,87)(H,76,89)(H,77,92)(H,78,86)(H,79,91)(H,83,84). The normalized spacial score (nSPS) is 23.8. The predicted molar refractivity (Wildman–Crippen MR) is 345 cm³/mol. The van der Waals surface area contributed by atoms with E-state index in [1.165, 1.54) is 17.0 Å². The predicted octanol–water partition coefficient (Wildman–Crippen LogP) is 0.303. The molecular weight excluding hydrogens is 1210 g/mol. The van der Waals surface area contributed by atoms with E-state index in [-0.39, 0.29) is 76.1 Å². The molecule has 0 saturated carbocycles. The largest absolute Gasteiger partial charge is 0.508 e. The zero-order valence-electron chi connectivity index (χ0n) is 53.0. The Balaban J connectivity index is 1.33. The van der Waals surface area contributed by atoms with E-state index in [1.807, 2.05) is 0 Å². The first-order chi connectivity index (χ1) is 44.9. The lowest BCUT2D eigenvalue weighted by molar-refractivity contribution is -0.142. The molecule has 3 heterocycles. The number of para-hydroxylation sites is 1. The second-order valence-electron chi connectivity index (χ2n) is 24.6. The van der Waals surface area contributed by atoms with E-state index in [2.05, 4.69) is 52.8 Å². The summed E-state index contributed by atoms with van der Waals surface area (Å²) in [6, 6.07) is 14.4. The van der Waals surface area contributed by atoms with Crippen LogP contribution in [-0.2, 0) is 83.2 Å². The van der Waals surface area contributed by atoms with Gasteiger partial charge in [-0.2, -0.15) is 0 Å². The van der Waals surface area contributed by atoms with Crippen molar-refractivity contribution in [3.8, 4) is 5.75 Å². The molecular formula is C67H85N13O14. The Labute approximate surface area is 543 Å². The number of aromatic nitrogens is 1. The van der Waals surface area contributed by atoms with Gasteiger partial charge in [-0.25, -0.2) is 0 Å². The fraction of sp³-hybridized carbons (Fsp3) is 0.433. The van der Waals surface area contributed by atoms with Crippen LogP contribution in [0.5, 0.6) is 5.75 Å². The first-order valence-corrected chi connectivity index (χ1v) is 31.5. The smallest absolute Gasteiger partial charge is 0.305 e. The van der Waals surface area contributed by atoms with Gasteiger partial charge < -0.3 is 79.4 Å². The number of hydrogen-bond donors (Lipinski definition) is 14. The van der Waals surface area contributed by atoms with Crippen molar-refractivity contribution in [2.24, 2.45) is 23.3 Å². The molecule has 0 bridgehead atoms. The van der Waals surface area contributed by atoms with E-state index in [9.17, 15) is 53.4 Å². The number of nitrogens with zero attached hydrogens (tertiary/aromatic N) is 1. The zero-order valence-corrected chi connectivity index (χ0v) is 53.0. The third-order valence-electron chi connectivity index (χ3n) is 16.4. The summed E-state index contributed by atoms with van der Waals surface area (Å²) in [5, 5.41) is 44.9. The molecule has 2 aliphatic heterocycles. The van der Waals surface area contributed by atoms with Crippen LogP contribution < -0.4 is 59.3 Å². The highest BCUT2D eigenvalue weighted by Gasteiger charge is 2.42. The number of nitrogens with two attached hydrogens (primary N) is 2. The molecule has 4 aromatic carbocycles. The van der Waals surface area contributed by atoms with Gasteiger partial charge in [0.05, 0.1) is 12.8 Å². The number of phenols is 1. The third kappa shape index (κ3) is 20.4. The molecule has 10 unspecified atom stereocenters. The quantitative estimate of drug-likeness (QED) is 0.0561. The Morgan fingerprint density at radius 2 is 0.979 bits per heavy atom. The van der Waals surface area contributed by atoms with Gasteiger partial charge in [0.2, 0.25) is 65.0 Å². The SMILES string of the molecule is CC(C)CC1NC(=O)C(CCCN)NC(=O)C(C(C)C)NC(=O)C(Cc2ccccc2)NC(=O)C(CC(=O)O)NC(=O)C(CC(N)=O)NC(=O)C(Cc2ccccc2)NC(=O)C(Cc2c[nH]c3ccccc23)NC(=O)C2CCCN2C(=O)C(Cc2ccc(O)cc2)NC1=O. The van der Waals surface area contributed by atoms with Gasteiger partial charge in [-0.05, 0) is 90.9 Å². The molecule has 94 heavy (non-hydrogen) atoms. The van der Waals surface area contributed by atoms with E-state index in [4.69, 9.17) is 11.5 Å². The van der Waals surface area contributed by atoms with E-state index in [0.717, 1.165) is 0 Å². The molecule has 27 nitrogen and oxygen atoms in total. The Kier molecular flexibility index (Phi) is 25.7. The molecule has 2 saturated heterocycles. The summed E-state index contributed by atoms with van der Waals surface area (Å²) in [6.45, 7) is 6.92. The summed E-state index contributed by atoms with van der Waals surface area (Å²) in [7, 11) is 0. The maximum Gasteiger partial charge on any atom is 0.305 e. The minimum absolute atomic E-state index is 0.0272. The number of carbonyl (C=O) groups is 12. The van der Waals surface area contributed by atoms with Crippen molar-refractivity contribution in [2.45, 2.75) is 159 Å². The molecule has 1 aromatic heterocycles. The summed E-state index contributed by atoms with van der Waals surface area (Å²) in [5.41, 5.74) is 14.3. The Morgan fingerprint density at radius 3 is 1.54 bits per heavy atom. The second-order valence-corrected chi connectivity index (χ2v) is 24.6. The number of amides is 11. The maximum absolute atomic E-state index is 15.2. The summed E-state index contributed by atoms with van der Waals surface area (Å²) < 4.78 is 0. The fourth-order valence-electron chi connectivity index (χ4n) is 11.5. The van der Waals surface area contributed by atoms with Crippen molar-refractivity contribution < 1.29 is 67.7 Å². The first-order valence-electron chi connectivity index (χ1n) is 31.5. The molecule has 0 aliphatic carbocycles. The molecule has 10 atom stereocenters. The lowest BCUT2D eigenvalue weighted by atomic mass is 9.99. The molecule has 2 aliphatic rings.